The zero-order valence-electron chi connectivity index (χ0n) is 14.0. The minimum Gasteiger partial charge on any atom is -0.495 e. The molecule has 4 nitrogen and oxygen atoms in total. The molecule has 2 rings (SSSR count). The highest BCUT2D eigenvalue weighted by Crippen LogP contribution is 2.42. The highest BCUT2D eigenvalue weighted by molar-refractivity contribution is 6.44. The number of anilines is 1. The van der Waals surface area contributed by atoms with E-state index in [9.17, 15) is 4.79 Å². The quantitative estimate of drug-likeness (QED) is 0.741. The van der Waals surface area contributed by atoms with Crippen molar-refractivity contribution in [3.8, 4) is 5.75 Å². The molecule has 1 aliphatic rings. The molecular weight excluding hydrogens is 337 g/mol. The maximum Gasteiger partial charge on any atom is 0.311 e. The van der Waals surface area contributed by atoms with Gasteiger partial charge in [-0.05, 0) is 45.7 Å². The number of carbonyl (C=O) groups is 1. The highest BCUT2D eigenvalue weighted by atomic mass is 35.5. The van der Waals surface area contributed by atoms with Crippen molar-refractivity contribution in [3.63, 3.8) is 0 Å². The van der Waals surface area contributed by atoms with E-state index in [0.29, 0.717) is 22.3 Å². The van der Waals surface area contributed by atoms with E-state index in [2.05, 4.69) is 4.90 Å². The molecule has 1 heterocycles. The molecule has 0 radical (unpaired) electrons. The lowest BCUT2D eigenvalue weighted by atomic mass is 9.97. The molecule has 6 heteroatoms. The van der Waals surface area contributed by atoms with Gasteiger partial charge in [-0.3, -0.25) is 4.79 Å². The van der Waals surface area contributed by atoms with E-state index in [-0.39, 0.29) is 11.9 Å². The van der Waals surface area contributed by atoms with Gasteiger partial charge in [0.05, 0.1) is 28.8 Å². The maximum atomic E-state index is 12.4. The minimum absolute atomic E-state index is 0.167. The smallest absolute Gasteiger partial charge is 0.311 e. The van der Waals surface area contributed by atoms with Gasteiger partial charge in [0.1, 0.15) is 11.4 Å². The Morgan fingerprint density at radius 1 is 1.30 bits per heavy atom. The number of hydrogen-bond acceptors (Lipinski definition) is 4. The third kappa shape index (κ3) is 4.45. The topological polar surface area (TPSA) is 38.8 Å². The predicted molar refractivity (Wildman–Crippen MR) is 93.8 cm³/mol. The van der Waals surface area contributed by atoms with Crippen LogP contribution in [0.3, 0.4) is 0 Å². The van der Waals surface area contributed by atoms with Gasteiger partial charge in [0.25, 0.3) is 0 Å². The van der Waals surface area contributed by atoms with Crippen LogP contribution in [-0.4, -0.2) is 31.8 Å². The van der Waals surface area contributed by atoms with Crippen molar-refractivity contribution in [2.24, 2.45) is 5.92 Å². The number of rotatable bonds is 3. The van der Waals surface area contributed by atoms with Gasteiger partial charge in [0.15, 0.2) is 0 Å². The van der Waals surface area contributed by atoms with Crippen molar-refractivity contribution in [2.75, 3.05) is 25.1 Å². The first-order valence-electron chi connectivity index (χ1n) is 7.72. The molecule has 1 aromatic rings. The van der Waals surface area contributed by atoms with Gasteiger partial charge >= 0.3 is 5.97 Å². The van der Waals surface area contributed by atoms with Crippen molar-refractivity contribution < 1.29 is 14.3 Å². The second-order valence-corrected chi connectivity index (χ2v) is 7.52. The molecule has 0 bridgehead atoms. The third-order valence-electron chi connectivity index (χ3n) is 3.73. The van der Waals surface area contributed by atoms with E-state index in [0.717, 1.165) is 25.1 Å². The number of methoxy groups -OCH3 is 1. The summed E-state index contributed by atoms with van der Waals surface area (Å²) in [6, 6.07) is 3.50. The number of esters is 1. The van der Waals surface area contributed by atoms with Crippen molar-refractivity contribution in [1.82, 2.24) is 0 Å². The van der Waals surface area contributed by atoms with Gasteiger partial charge < -0.3 is 14.4 Å². The summed E-state index contributed by atoms with van der Waals surface area (Å²) in [6.07, 6.45) is 1.70. The average molecular weight is 360 g/mol. The number of hydrogen-bond donors (Lipinski definition) is 0. The maximum absolute atomic E-state index is 12.4. The first-order chi connectivity index (χ1) is 10.7. The van der Waals surface area contributed by atoms with Crippen LogP contribution in [0.4, 0.5) is 5.69 Å². The number of carbonyl (C=O) groups excluding carboxylic acids is 1. The summed E-state index contributed by atoms with van der Waals surface area (Å²) in [5, 5.41) is 0.928. The summed E-state index contributed by atoms with van der Waals surface area (Å²) in [7, 11) is 1.60. The monoisotopic (exact) mass is 359 g/mol. The molecule has 1 unspecified atom stereocenters. The van der Waals surface area contributed by atoms with Crippen LogP contribution in [0.1, 0.15) is 33.6 Å². The average Bonchev–Trinajstić information content (AvgIpc) is 2.48. The molecule has 1 saturated heterocycles. The zero-order valence-corrected chi connectivity index (χ0v) is 15.5. The fraction of sp³-hybridized carbons (Fsp3) is 0.588. The highest BCUT2D eigenvalue weighted by Gasteiger charge is 2.31. The molecule has 0 amide bonds. The van der Waals surface area contributed by atoms with Crippen LogP contribution >= 0.6 is 23.2 Å². The van der Waals surface area contributed by atoms with Crippen LogP contribution in [0.15, 0.2) is 12.1 Å². The first-order valence-corrected chi connectivity index (χ1v) is 8.48. The Bertz CT molecular complexity index is 584. The van der Waals surface area contributed by atoms with Gasteiger partial charge in [-0.25, -0.2) is 0 Å². The summed E-state index contributed by atoms with van der Waals surface area (Å²) >= 11 is 12.5. The minimum atomic E-state index is -0.481. The van der Waals surface area contributed by atoms with E-state index < -0.39 is 5.60 Å². The van der Waals surface area contributed by atoms with Gasteiger partial charge in [-0.2, -0.15) is 0 Å². The number of nitrogens with zero attached hydrogens (tertiary/aromatic N) is 1. The zero-order chi connectivity index (χ0) is 17.2. The number of benzene rings is 1. The molecule has 0 N–H and O–H groups in total. The van der Waals surface area contributed by atoms with Gasteiger partial charge in [0, 0.05) is 13.1 Å². The molecule has 0 aromatic heterocycles. The number of halogens is 2. The van der Waals surface area contributed by atoms with Crippen LogP contribution < -0.4 is 9.64 Å². The molecule has 0 spiro atoms. The van der Waals surface area contributed by atoms with Crippen molar-refractivity contribution in [2.45, 2.75) is 39.2 Å². The van der Waals surface area contributed by atoms with Gasteiger partial charge in [-0.15, -0.1) is 0 Å². The van der Waals surface area contributed by atoms with Crippen LogP contribution in [0, 0.1) is 5.92 Å². The summed E-state index contributed by atoms with van der Waals surface area (Å²) < 4.78 is 10.9. The second-order valence-electron chi connectivity index (χ2n) is 6.73. The molecule has 1 aromatic carbocycles. The number of piperidine rings is 1. The fourth-order valence-corrected chi connectivity index (χ4v) is 3.17. The van der Waals surface area contributed by atoms with E-state index in [1.807, 2.05) is 20.8 Å². The summed E-state index contributed by atoms with van der Waals surface area (Å²) in [5.41, 5.74) is 0.264. The number of ether oxygens (including phenoxy) is 2. The normalized spacial score (nSPS) is 18.7. The molecular formula is C17H23Cl2NO3. The largest absolute Gasteiger partial charge is 0.495 e. The molecule has 0 aliphatic carbocycles. The van der Waals surface area contributed by atoms with Crippen molar-refractivity contribution in [1.29, 1.82) is 0 Å². The third-order valence-corrected chi connectivity index (χ3v) is 4.52. The van der Waals surface area contributed by atoms with E-state index in [4.69, 9.17) is 32.7 Å². The Morgan fingerprint density at radius 2 is 2.00 bits per heavy atom. The van der Waals surface area contributed by atoms with Crippen molar-refractivity contribution in [3.05, 3.63) is 22.2 Å². The molecule has 23 heavy (non-hydrogen) atoms. The Kier molecular flexibility index (Phi) is 5.69. The van der Waals surface area contributed by atoms with Crippen LogP contribution in [0.2, 0.25) is 10.0 Å². The molecule has 1 fully saturated rings. The Balaban J connectivity index is 2.22. The lowest BCUT2D eigenvalue weighted by Gasteiger charge is -2.35. The van der Waals surface area contributed by atoms with Crippen molar-refractivity contribution >= 4 is 34.9 Å². The summed E-state index contributed by atoms with van der Waals surface area (Å²) in [4.78, 5) is 14.4. The van der Waals surface area contributed by atoms with E-state index in [1.54, 1.807) is 19.2 Å². The van der Waals surface area contributed by atoms with Crippen LogP contribution in [-0.2, 0) is 9.53 Å². The van der Waals surface area contributed by atoms with Crippen LogP contribution in [0.25, 0.3) is 0 Å². The standard InChI is InChI=1S/C17H23Cl2NO3/c1-17(2,3)23-16(21)11-6-5-9-20(10-11)15-13(22-4)8-7-12(18)14(15)19/h7-8,11H,5-6,9-10H2,1-4H3. The lowest BCUT2D eigenvalue weighted by Crippen LogP contribution is -2.41. The van der Waals surface area contributed by atoms with Crippen LogP contribution in [0.5, 0.6) is 5.75 Å². The van der Waals surface area contributed by atoms with Gasteiger partial charge in [0.2, 0.25) is 0 Å². The SMILES string of the molecule is COc1ccc(Cl)c(Cl)c1N1CCCC(C(=O)OC(C)(C)C)C1. The fourth-order valence-electron chi connectivity index (χ4n) is 2.74. The molecule has 1 aliphatic heterocycles. The van der Waals surface area contributed by atoms with E-state index in [1.165, 1.54) is 0 Å². The lowest BCUT2D eigenvalue weighted by molar-refractivity contribution is -0.160. The Morgan fingerprint density at radius 3 is 2.61 bits per heavy atom. The molecule has 0 saturated carbocycles. The molecule has 128 valence electrons. The Labute approximate surface area is 147 Å². The summed E-state index contributed by atoms with van der Waals surface area (Å²) in [6.45, 7) is 6.98. The first kappa shape index (κ1) is 18.2. The van der Waals surface area contributed by atoms with E-state index >= 15 is 0 Å². The Hall–Kier alpha value is -1.13. The second kappa shape index (κ2) is 7.18. The predicted octanol–water partition coefficient (Wildman–Crippen LogP) is 4.56. The van der Waals surface area contributed by atoms with Gasteiger partial charge in [-0.1, -0.05) is 23.2 Å². The summed E-state index contributed by atoms with van der Waals surface area (Å²) in [5.74, 6) is 0.311. The molecule has 1 atom stereocenters.